The van der Waals surface area contributed by atoms with Crippen molar-refractivity contribution in [1.29, 1.82) is 0 Å². The van der Waals surface area contributed by atoms with Gasteiger partial charge in [0.25, 0.3) is 0 Å². The fourth-order valence-corrected chi connectivity index (χ4v) is 0.955. The lowest BCUT2D eigenvalue weighted by Crippen LogP contribution is -2.36. The first kappa shape index (κ1) is 9.44. The molecule has 1 aliphatic rings. The van der Waals surface area contributed by atoms with E-state index in [-0.39, 0.29) is 12.7 Å². The summed E-state index contributed by atoms with van der Waals surface area (Å²) in [6.07, 6.45) is 0.849. The van der Waals surface area contributed by atoms with Gasteiger partial charge in [0.05, 0.1) is 19.3 Å². The Bertz CT molecular complexity index is 155. The van der Waals surface area contributed by atoms with Gasteiger partial charge >= 0.3 is 5.97 Å². The van der Waals surface area contributed by atoms with E-state index < -0.39 is 12.0 Å². The van der Waals surface area contributed by atoms with Gasteiger partial charge in [-0.25, -0.2) is 0 Å². The molecule has 0 amide bonds. The average molecular weight is 175 g/mol. The zero-order chi connectivity index (χ0) is 8.97. The van der Waals surface area contributed by atoms with E-state index in [9.17, 15) is 4.79 Å². The molecule has 0 radical (unpaired) electrons. The molecule has 5 nitrogen and oxygen atoms in total. The second-order valence-corrected chi connectivity index (χ2v) is 2.76. The monoisotopic (exact) mass is 175 g/mol. The Labute approximate surface area is 70.4 Å². The van der Waals surface area contributed by atoms with E-state index in [0.717, 1.165) is 6.42 Å². The van der Waals surface area contributed by atoms with Crippen LogP contribution in [0.3, 0.4) is 0 Å². The lowest BCUT2D eigenvalue weighted by atomic mass is 10.3. The predicted molar refractivity (Wildman–Crippen MR) is 40.8 cm³/mol. The summed E-state index contributed by atoms with van der Waals surface area (Å²) in [4.78, 5) is 10.3. The van der Waals surface area contributed by atoms with Crippen molar-refractivity contribution in [2.45, 2.75) is 18.6 Å². The number of nitrogens with two attached hydrogens (primary N) is 1. The first-order chi connectivity index (χ1) is 5.70. The summed E-state index contributed by atoms with van der Waals surface area (Å²) >= 11 is 0. The van der Waals surface area contributed by atoms with Crippen LogP contribution in [-0.4, -0.2) is 43.0 Å². The minimum Gasteiger partial charge on any atom is -0.480 e. The molecule has 70 valence electrons. The number of rotatable bonds is 4. The summed E-state index contributed by atoms with van der Waals surface area (Å²) in [5.74, 6) is -1.03. The topological polar surface area (TPSA) is 81.8 Å². The molecule has 0 aromatic rings. The molecule has 1 rings (SSSR count). The number of carboxylic acid groups (broad SMARTS) is 1. The van der Waals surface area contributed by atoms with Gasteiger partial charge in [0.15, 0.2) is 0 Å². The molecule has 5 heteroatoms. The third kappa shape index (κ3) is 2.77. The van der Waals surface area contributed by atoms with E-state index in [0.29, 0.717) is 13.2 Å². The standard InChI is InChI=1S/C7H13NO4/c8-6(7(9)10)4-12-5-1-2-11-3-5/h5-6H,1-4,8H2,(H,9,10)/t5?,6-/m1/s1. The molecule has 0 spiro atoms. The summed E-state index contributed by atoms with van der Waals surface area (Å²) < 4.78 is 10.2. The van der Waals surface area contributed by atoms with Crippen molar-refractivity contribution in [3.63, 3.8) is 0 Å². The van der Waals surface area contributed by atoms with Crippen molar-refractivity contribution in [2.24, 2.45) is 5.73 Å². The SMILES string of the molecule is N[C@H](COC1CCOC1)C(=O)O. The Balaban J connectivity index is 2.11. The molecule has 1 heterocycles. The highest BCUT2D eigenvalue weighted by atomic mass is 16.5. The smallest absolute Gasteiger partial charge is 0.322 e. The van der Waals surface area contributed by atoms with Gasteiger partial charge in [0, 0.05) is 6.61 Å². The van der Waals surface area contributed by atoms with E-state index in [1.807, 2.05) is 0 Å². The fraction of sp³-hybridized carbons (Fsp3) is 0.857. The molecule has 1 unspecified atom stereocenters. The number of carbonyl (C=O) groups is 1. The minimum absolute atomic E-state index is 0.0235. The zero-order valence-corrected chi connectivity index (χ0v) is 6.73. The van der Waals surface area contributed by atoms with Crippen LogP contribution in [-0.2, 0) is 14.3 Å². The van der Waals surface area contributed by atoms with Crippen molar-refractivity contribution in [2.75, 3.05) is 19.8 Å². The molecule has 1 aliphatic heterocycles. The Morgan fingerprint density at radius 3 is 3.08 bits per heavy atom. The van der Waals surface area contributed by atoms with E-state index >= 15 is 0 Å². The van der Waals surface area contributed by atoms with Crippen LogP contribution in [0.5, 0.6) is 0 Å². The highest BCUT2D eigenvalue weighted by Gasteiger charge is 2.19. The number of hydrogen-bond acceptors (Lipinski definition) is 4. The Morgan fingerprint density at radius 2 is 2.58 bits per heavy atom. The molecule has 0 saturated carbocycles. The maximum Gasteiger partial charge on any atom is 0.322 e. The van der Waals surface area contributed by atoms with Crippen LogP contribution >= 0.6 is 0 Å². The van der Waals surface area contributed by atoms with Crippen molar-refractivity contribution in [1.82, 2.24) is 0 Å². The molecule has 0 aromatic carbocycles. The van der Waals surface area contributed by atoms with Gasteiger partial charge in [-0.05, 0) is 6.42 Å². The van der Waals surface area contributed by atoms with Crippen molar-refractivity contribution < 1.29 is 19.4 Å². The molecule has 0 aromatic heterocycles. The van der Waals surface area contributed by atoms with Crippen LogP contribution in [0.15, 0.2) is 0 Å². The maximum atomic E-state index is 10.3. The first-order valence-electron chi connectivity index (χ1n) is 3.88. The number of carboxylic acids is 1. The highest BCUT2D eigenvalue weighted by molar-refractivity contribution is 5.73. The molecule has 0 bridgehead atoms. The van der Waals surface area contributed by atoms with Gasteiger partial charge in [0.2, 0.25) is 0 Å². The Kier molecular flexibility index (Phi) is 3.46. The molecule has 3 N–H and O–H groups in total. The van der Waals surface area contributed by atoms with Gasteiger partial charge in [-0.3, -0.25) is 4.79 Å². The van der Waals surface area contributed by atoms with Crippen LogP contribution in [0.25, 0.3) is 0 Å². The fourth-order valence-electron chi connectivity index (χ4n) is 0.955. The van der Waals surface area contributed by atoms with Gasteiger partial charge in [0.1, 0.15) is 6.04 Å². The summed E-state index contributed by atoms with van der Waals surface area (Å²) in [5, 5.41) is 8.42. The van der Waals surface area contributed by atoms with Crippen LogP contribution in [0.2, 0.25) is 0 Å². The lowest BCUT2D eigenvalue weighted by molar-refractivity contribution is -0.140. The van der Waals surface area contributed by atoms with Gasteiger partial charge < -0.3 is 20.3 Å². The molecular weight excluding hydrogens is 162 g/mol. The highest BCUT2D eigenvalue weighted by Crippen LogP contribution is 2.07. The normalized spacial score (nSPS) is 25.6. The minimum atomic E-state index is -1.03. The average Bonchev–Trinajstić information content (AvgIpc) is 2.51. The summed E-state index contributed by atoms with van der Waals surface area (Å²) in [6, 6.07) is -0.925. The molecule has 1 saturated heterocycles. The Morgan fingerprint density at radius 1 is 1.83 bits per heavy atom. The Hall–Kier alpha value is -0.650. The van der Waals surface area contributed by atoms with Gasteiger partial charge in [-0.1, -0.05) is 0 Å². The number of aliphatic carboxylic acids is 1. The van der Waals surface area contributed by atoms with Crippen molar-refractivity contribution in [3.8, 4) is 0 Å². The molecule has 2 atom stereocenters. The summed E-state index contributed by atoms with van der Waals surface area (Å²) in [6.45, 7) is 1.29. The van der Waals surface area contributed by atoms with Gasteiger partial charge in [-0.2, -0.15) is 0 Å². The van der Waals surface area contributed by atoms with E-state index in [1.165, 1.54) is 0 Å². The number of hydrogen-bond donors (Lipinski definition) is 2. The number of ether oxygens (including phenoxy) is 2. The second kappa shape index (κ2) is 4.39. The summed E-state index contributed by atoms with van der Waals surface area (Å²) in [5.41, 5.74) is 5.23. The van der Waals surface area contributed by atoms with Crippen molar-refractivity contribution >= 4 is 5.97 Å². The van der Waals surface area contributed by atoms with Crippen LogP contribution in [0.4, 0.5) is 0 Å². The molecule has 12 heavy (non-hydrogen) atoms. The van der Waals surface area contributed by atoms with Gasteiger partial charge in [-0.15, -0.1) is 0 Å². The summed E-state index contributed by atoms with van der Waals surface area (Å²) in [7, 11) is 0. The van der Waals surface area contributed by atoms with Crippen molar-refractivity contribution in [3.05, 3.63) is 0 Å². The third-order valence-electron chi connectivity index (χ3n) is 1.72. The predicted octanol–water partition coefficient (Wildman–Crippen LogP) is -0.796. The zero-order valence-electron chi connectivity index (χ0n) is 6.73. The van der Waals surface area contributed by atoms with Crippen LogP contribution in [0.1, 0.15) is 6.42 Å². The second-order valence-electron chi connectivity index (χ2n) is 2.76. The molecule has 0 aliphatic carbocycles. The largest absolute Gasteiger partial charge is 0.480 e. The quantitative estimate of drug-likeness (QED) is 0.584. The maximum absolute atomic E-state index is 10.3. The van der Waals surface area contributed by atoms with E-state index in [2.05, 4.69) is 0 Å². The molecular formula is C7H13NO4. The molecule has 1 fully saturated rings. The van der Waals surface area contributed by atoms with E-state index in [4.69, 9.17) is 20.3 Å². The van der Waals surface area contributed by atoms with Crippen LogP contribution in [0, 0.1) is 0 Å². The van der Waals surface area contributed by atoms with E-state index in [1.54, 1.807) is 0 Å². The van der Waals surface area contributed by atoms with Crippen LogP contribution < -0.4 is 5.73 Å². The third-order valence-corrected chi connectivity index (χ3v) is 1.72. The first-order valence-corrected chi connectivity index (χ1v) is 3.88. The lowest BCUT2D eigenvalue weighted by Gasteiger charge is -2.11.